The largest absolute Gasteiger partial charge is 0.494 e. The van der Waals surface area contributed by atoms with Crippen LogP contribution in [-0.2, 0) is 0 Å². The molecule has 25 heavy (non-hydrogen) atoms. The molecule has 0 aliphatic rings. The van der Waals surface area contributed by atoms with Gasteiger partial charge in [0.25, 0.3) is 0 Å². The van der Waals surface area contributed by atoms with E-state index in [2.05, 4.69) is 20.6 Å². The lowest BCUT2D eigenvalue weighted by molar-refractivity contribution is 0.194. The van der Waals surface area contributed by atoms with E-state index in [0.29, 0.717) is 6.54 Å². The maximum absolute atomic E-state index is 8.49. The smallest absolute Gasteiger partial charge is 0.145 e. The summed E-state index contributed by atoms with van der Waals surface area (Å²) in [6.07, 6.45) is 1.32. The van der Waals surface area contributed by atoms with Gasteiger partial charge in [-0.2, -0.15) is 0 Å². The van der Waals surface area contributed by atoms with E-state index in [1.807, 2.05) is 55.6 Å². The number of aliphatic hydroxyl groups excluding tert-OH is 1. The molecule has 1 heterocycles. The Morgan fingerprint density at radius 3 is 2.44 bits per heavy atom. The van der Waals surface area contributed by atoms with Gasteiger partial charge in [-0.3, -0.25) is 0 Å². The lowest BCUT2D eigenvalue weighted by Crippen LogP contribution is -2.19. The zero-order chi connectivity index (χ0) is 18.1. The Morgan fingerprint density at radius 1 is 1.08 bits per heavy atom. The fourth-order valence-corrected chi connectivity index (χ4v) is 2.28. The third-order valence-electron chi connectivity index (χ3n) is 3.38. The van der Waals surface area contributed by atoms with E-state index in [-0.39, 0.29) is 6.10 Å². The standard InChI is InChI=1S/C15H13N3O.C4H11NO/c1-19-13-9-5-8-12-14(13)16-10-17-15(12)18-11-6-3-2-4-7-11;1-4(6)3-5-2/h2-10H,1H3,(H,16,17,18);4-6H,3H2,1-2H3. The van der Waals surface area contributed by atoms with Crippen LogP contribution in [0.2, 0.25) is 0 Å². The van der Waals surface area contributed by atoms with Crippen molar-refractivity contribution >= 4 is 22.4 Å². The normalized spacial score (nSPS) is 11.4. The van der Waals surface area contributed by atoms with Crippen LogP contribution in [0.5, 0.6) is 5.75 Å². The third kappa shape index (κ3) is 5.41. The van der Waals surface area contributed by atoms with Gasteiger partial charge in [0.05, 0.1) is 13.2 Å². The Bertz CT molecular complexity index is 779. The fourth-order valence-electron chi connectivity index (χ4n) is 2.28. The van der Waals surface area contributed by atoms with Gasteiger partial charge in [0.2, 0.25) is 0 Å². The van der Waals surface area contributed by atoms with Crippen LogP contribution < -0.4 is 15.4 Å². The number of nitrogens with zero attached hydrogens (tertiary/aromatic N) is 2. The molecule has 0 aliphatic heterocycles. The average molecular weight is 340 g/mol. The van der Waals surface area contributed by atoms with Gasteiger partial charge in [-0.25, -0.2) is 9.97 Å². The van der Waals surface area contributed by atoms with E-state index in [1.54, 1.807) is 14.0 Å². The highest BCUT2D eigenvalue weighted by Crippen LogP contribution is 2.28. The number of hydrogen-bond acceptors (Lipinski definition) is 6. The predicted octanol–water partition coefficient (Wildman–Crippen LogP) is 2.97. The lowest BCUT2D eigenvalue weighted by atomic mass is 10.2. The predicted molar refractivity (Wildman–Crippen MR) is 101 cm³/mol. The van der Waals surface area contributed by atoms with E-state index < -0.39 is 0 Å². The Hall–Kier alpha value is -2.70. The molecule has 3 rings (SSSR count). The second-order valence-corrected chi connectivity index (χ2v) is 5.48. The van der Waals surface area contributed by atoms with Crippen LogP contribution >= 0.6 is 0 Å². The molecule has 0 saturated heterocycles. The molecule has 6 nitrogen and oxygen atoms in total. The van der Waals surface area contributed by atoms with E-state index in [1.165, 1.54) is 6.33 Å². The maximum atomic E-state index is 8.49. The molecule has 3 aromatic rings. The van der Waals surface area contributed by atoms with Gasteiger partial charge in [0.1, 0.15) is 23.4 Å². The van der Waals surface area contributed by atoms with Gasteiger partial charge < -0.3 is 20.5 Å². The highest BCUT2D eigenvalue weighted by atomic mass is 16.5. The Balaban J connectivity index is 0.000000326. The number of likely N-dealkylation sites (N-methyl/N-ethyl adjacent to an activating group) is 1. The molecular formula is C19H24N4O2. The molecule has 1 atom stereocenters. The van der Waals surface area contributed by atoms with Crippen molar-refractivity contribution in [1.29, 1.82) is 0 Å². The molecule has 0 saturated carbocycles. The van der Waals surface area contributed by atoms with E-state index in [9.17, 15) is 0 Å². The Morgan fingerprint density at radius 2 is 1.84 bits per heavy atom. The van der Waals surface area contributed by atoms with Crippen LogP contribution in [0, 0.1) is 0 Å². The van der Waals surface area contributed by atoms with Crippen LogP contribution in [0.15, 0.2) is 54.9 Å². The van der Waals surface area contributed by atoms with Gasteiger partial charge in [0, 0.05) is 17.6 Å². The first-order valence-corrected chi connectivity index (χ1v) is 8.08. The molecule has 0 radical (unpaired) electrons. The van der Waals surface area contributed by atoms with Crippen molar-refractivity contribution in [2.45, 2.75) is 13.0 Å². The van der Waals surface area contributed by atoms with Crippen LogP contribution in [0.4, 0.5) is 11.5 Å². The molecule has 6 heteroatoms. The van der Waals surface area contributed by atoms with Gasteiger partial charge in [-0.1, -0.05) is 24.3 Å². The number of hydrogen-bond donors (Lipinski definition) is 3. The number of ether oxygens (including phenoxy) is 1. The number of fused-ring (bicyclic) bond motifs is 1. The van der Waals surface area contributed by atoms with Crippen LogP contribution in [0.25, 0.3) is 10.9 Å². The first kappa shape index (κ1) is 18.6. The highest BCUT2D eigenvalue weighted by Gasteiger charge is 2.07. The summed E-state index contributed by atoms with van der Waals surface area (Å²) in [6, 6.07) is 15.7. The van der Waals surface area contributed by atoms with Gasteiger partial charge in [-0.05, 0) is 38.2 Å². The van der Waals surface area contributed by atoms with Crippen LogP contribution in [-0.4, -0.2) is 41.9 Å². The molecular weight excluding hydrogens is 316 g/mol. The van der Waals surface area contributed by atoms with Gasteiger partial charge >= 0.3 is 0 Å². The number of rotatable bonds is 5. The molecule has 1 aromatic heterocycles. The number of methoxy groups -OCH3 is 1. The van der Waals surface area contributed by atoms with Crippen molar-refractivity contribution in [2.24, 2.45) is 0 Å². The molecule has 1 unspecified atom stereocenters. The minimum atomic E-state index is -0.213. The molecule has 0 amide bonds. The maximum Gasteiger partial charge on any atom is 0.145 e. The number of para-hydroxylation sites is 2. The van der Waals surface area contributed by atoms with E-state index >= 15 is 0 Å². The summed E-state index contributed by atoms with van der Waals surface area (Å²) in [7, 11) is 3.45. The highest BCUT2D eigenvalue weighted by molar-refractivity contribution is 5.94. The topological polar surface area (TPSA) is 79.3 Å². The van der Waals surface area contributed by atoms with Crippen molar-refractivity contribution in [3.05, 3.63) is 54.9 Å². The van der Waals surface area contributed by atoms with E-state index in [0.717, 1.165) is 28.2 Å². The number of anilines is 2. The summed E-state index contributed by atoms with van der Waals surface area (Å²) in [5.41, 5.74) is 1.80. The van der Waals surface area contributed by atoms with Crippen molar-refractivity contribution in [1.82, 2.24) is 15.3 Å². The monoisotopic (exact) mass is 340 g/mol. The number of aliphatic hydroxyl groups is 1. The average Bonchev–Trinajstić information content (AvgIpc) is 2.63. The van der Waals surface area contributed by atoms with Gasteiger partial charge in [0.15, 0.2) is 0 Å². The summed E-state index contributed by atoms with van der Waals surface area (Å²) in [4.78, 5) is 8.58. The quantitative estimate of drug-likeness (QED) is 0.663. The number of nitrogens with one attached hydrogen (secondary N) is 2. The summed E-state index contributed by atoms with van der Waals surface area (Å²) >= 11 is 0. The second kappa shape index (κ2) is 9.56. The summed E-state index contributed by atoms with van der Waals surface area (Å²) in [6.45, 7) is 2.43. The minimum Gasteiger partial charge on any atom is -0.494 e. The second-order valence-electron chi connectivity index (χ2n) is 5.48. The lowest BCUT2D eigenvalue weighted by Gasteiger charge is -2.09. The zero-order valence-corrected chi connectivity index (χ0v) is 14.7. The number of aromatic nitrogens is 2. The SMILES string of the molecule is CNCC(C)O.COc1cccc2c(Nc3ccccc3)ncnc12. The molecule has 0 fully saturated rings. The summed E-state index contributed by atoms with van der Waals surface area (Å²) in [5.74, 6) is 1.52. The van der Waals surface area contributed by atoms with Crippen LogP contribution in [0.1, 0.15) is 6.92 Å². The molecule has 132 valence electrons. The molecule has 3 N–H and O–H groups in total. The summed E-state index contributed by atoms with van der Waals surface area (Å²) < 4.78 is 5.31. The Labute approximate surface area is 147 Å². The van der Waals surface area contributed by atoms with Gasteiger partial charge in [-0.15, -0.1) is 0 Å². The fraction of sp³-hybridized carbons (Fsp3) is 0.263. The summed E-state index contributed by atoms with van der Waals surface area (Å²) in [5, 5.41) is 15.5. The molecule has 0 bridgehead atoms. The van der Waals surface area contributed by atoms with E-state index in [4.69, 9.17) is 9.84 Å². The van der Waals surface area contributed by atoms with Crippen molar-refractivity contribution in [2.75, 3.05) is 26.0 Å². The third-order valence-corrected chi connectivity index (χ3v) is 3.38. The van der Waals surface area contributed by atoms with Crippen molar-refractivity contribution in [3.8, 4) is 5.75 Å². The van der Waals surface area contributed by atoms with Crippen LogP contribution in [0.3, 0.4) is 0 Å². The first-order valence-electron chi connectivity index (χ1n) is 8.08. The number of benzene rings is 2. The molecule has 0 aliphatic carbocycles. The molecule has 2 aromatic carbocycles. The first-order chi connectivity index (χ1) is 12.2. The molecule has 0 spiro atoms. The van der Waals surface area contributed by atoms with Crippen molar-refractivity contribution in [3.63, 3.8) is 0 Å². The Kier molecular flexibility index (Phi) is 7.13. The minimum absolute atomic E-state index is 0.213. The van der Waals surface area contributed by atoms with Crippen molar-refractivity contribution < 1.29 is 9.84 Å². The zero-order valence-electron chi connectivity index (χ0n) is 14.7.